The number of esters is 1. The summed E-state index contributed by atoms with van der Waals surface area (Å²) in [5, 5.41) is 13.0. The Bertz CT molecular complexity index is 1440. The van der Waals surface area contributed by atoms with E-state index in [0.29, 0.717) is 38.8 Å². The third-order valence-corrected chi connectivity index (χ3v) is 8.76. The van der Waals surface area contributed by atoms with Crippen LogP contribution in [0.3, 0.4) is 0 Å². The van der Waals surface area contributed by atoms with Crippen LogP contribution in [0.5, 0.6) is 5.75 Å². The predicted octanol–water partition coefficient (Wildman–Crippen LogP) is 5.03. The van der Waals surface area contributed by atoms with Crippen molar-refractivity contribution in [2.24, 2.45) is 11.8 Å². The van der Waals surface area contributed by atoms with Crippen molar-refractivity contribution in [3.05, 3.63) is 114 Å². The van der Waals surface area contributed by atoms with Gasteiger partial charge < -0.3 is 24.8 Å². The van der Waals surface area contributed by atoms with Gasteiger partial charge >= 0.3 is 5.97 Å². The Morgan fingerprint density at radius 1 is 0.891 bits per heavy atom. The molecule has 2 aliphatic rings. The molecule has 4 atom stereocenters. The van der Waals surface area contributed by atoms with Crippen LogP contribution < -0.4 is 10.1 Å². The van der Waals surface area contributed by atoms with Crippen LogP contribution in [0.2, 0.25) is 0 Å². The van der Waals surface area contributed by atoms with Crippen LogP contribution in [0, 0.1) is 11.8 Å². The number of hydrogen-bond donors (Lipinski definition) is 2. The van der Waals surface area contributed by atoms with E-state index in [1.165, 1.54) is 0 Å². The third-order valence-electron chi connectivity index (χ3n) is 8.76. The fourth-order valence-corrected chi connectivity index (χ4v) is 6.20. The summed E-state index contributed by atoms with van der Waals surface area (Å²) in [6, 6.07) is 26.8. The Hall–Kier alpha value is -4.43. The molecule has 0 bridgehead atoms. The standard InChI is InChI=1S/C38H44N2O6/c41-25-33(23-29-17-19-35(20-18-29)45-26-30-12-5-2-6-13-30)39-36(42)24-31-14-7-8-15-32(22-28-10-3-1-4-11-28)38(44)46-27-34-16-9-21-40(34)37(31)43/h1-8,10-13,17-20,31-34,41H,9,14-16,21-27H2,(H,39,42)/t31-,32+,33+,34+/m1/s1. The fourth-order valence-electron chi connectivity index (χ4n) is 6.20. The van der Waals surface area contributed by atoms with Crippen molar-refractivity contribution in [2.45, 2.75) is 63.6 Å². The molecule has 0 aliphatic carbocycles. The minimum absolute atomic E-state index is 0.0163. The van der Waals surface area contributed by atoms with E-state index < -0.39 is 12.0 Å². The molecule has 3 aromatic rings. The van der Waals surface area contributed by atoms with Crippen LogP contribution in [0.15, 0.2) is 97.1 Å². The topological polar surface area (TPSA) is 105 Å². The lowest BCUT2D eigenvalue weighted by molar-refractivity contribution is -0.152. The van der Waals surface area contributed by atoms with Gasteiger partial charge in [-0.2, -0.15) is 0 Å². The second-order valence-electron chi connectivity index (χ2n) is 12.3. The van der Waals surface area contributed by atoms with E-state index >= 15 is 0 Å². The number of cyclic esters (lactones) is 1. The SMILES string of the molecule is O=C(C[C@H]1CC=CC[C@@H](Cc2ccccc2)C(=O)OC[C@@H]2CCCN2C1=O)N[C@H](CO)Cc1ccc(OCc2ccccc2)cc1. The monoisotopic (exact) mass is 624 g/mol. The lowest BCUT2D eigenvalue weighted by Gasteiger charge is -2.29. The summed E-state index contributed by atoms with van der Waals surface area (Å²) in [4.78, 5) is 41.8. The molecular formula is C38H44N2O6. The summed E-state index contributed by atoms with van der Waals surface area (Å²) >= 11 is 0. The smallest absolute Gasteiger partial charge is 0.309 e. The Balaban J connectivity index is 1.18. The van der Waals surface area contributed by atoms with Gasteiger partial charge in [-0.3, -0.25) is 14.4 Å². The summed E-state index contributed by atoms with van der Waals surface area (Å²) in [6.45, 7) is 1.00. The molecule has 0 radical (unpaired) electrons. The number of benzene rings is 3. The van der Waals surface area contributed by atoms with Gasteiger partial charge in [0.25, 0.3) is 0 Å². The van der Waals surface area contributed by atoms with Crippen LogP contribution in [0.4, 0.5) is 0 Å². The van der Waals surface area contributed by atoms with Crippen molar-refractivity contribution in [3.8, 4) is 5.75 Å². The van der Waals surface area contributed by atoms with E-state index in [0.717, 1.165) is 35.3 Å². The highest BCUT2D eigenvalue weighted by molar-refractivity contribution is 5.86. The first-order valence-electron chi connectivity index (χ1n) is 16.3. The quantitative estimate of drug-likeness (QED) is 0.229. The minimum atomic E-state index is -0.542. The first-order valence-corrected chi connectivity index (χ1v) is 16.3. The van der Waals surface area contributed by atoms with Crippen LogP contribution in [-0.2, 0) is 38.6 Å². The minimum Gasteiger partial charge on any atom is -0.489 e. The van der Waals surface area contributed by atoms with E-state index in [9.17, 15) is 19.5 Å². The number of carbonyl (C=O) groups excluding carboxylic acids is 3. The van der Waals surface area contributed by atoms with Crippen molar-refractivity contribution in [1.29, 1.82) is 0 Å². The molecule has 0 saturated carbocycles. The summed E-state index contributed by atoms with van der Waals surface area (Å²) in [7, 11) is 0. The summed E-state index contributed by atoms with van der Waals surface area (Å²) in [5.74, 6) is -0.724. The second-order valence-corrected chi connectivity index (χ2v) is 12.3. The molecule has 242 valence electrons. The lowest BCUT2D eigenvalue weighted by Crippen LogP contribution is -2.45. The lowest BCUT2D eigenvalue weighted by atomic mass is 9.94. The predicted molar refractivity (Wildman–Crippen MR) is 176 cm³/mol. The Labute approximate surface area is 271 Å². The van der Waals surface area contributed by atoms with E-state index in [-0.39, 0.29) is 49.4 Å². The highest BCUT2D eigenvalue weighted by Crippen LogP contribution is 2.26. The first kappa shape index (κ1) is 32.9. The van der Waals surface area contributed by atoms with Crippen LogP contribution >= 0.6 is 0 Å². The molecule has 3 aromatic carbocycles. The van der Waals surface area contributed by atoms with Gasteiger partial charge in [0, 0.05) is 13.0 Å². The molecule has 46 heavy (non-hydrogen) atoms. The molecule has 0 unspecified atom stereocenters. The Morgan fingerprint density at radius 2 is 1.57 bits per heavy atom. The van der Waals surface area contributed by atoms with Crippen LogP contribution in [0.1, 0.15) is 48.8 Å². The number of carbonyl (C=O) groups is 3. The zero-order valence-electron chi connectivity index (χ0n) is 26.3. The zero-order chi connectivity index (χ0) is 32.1. The summed E-state index contributed by atoms with van der Waals surface area (Å²) in [5.41, 5.74) is 3.11. The van der Waals surface area contributed by atoms with Gasteiger partial charge in [-0.25, -0.2) is 0 Å². The Kier molecular flexibility index (Phi) is 12.0. The van der Waals surface area contributed by atoms with Gasteiger partial charge in [-0.15, -0.1) is 0 Å². The highest BCUT2D eigenvalue weighted by Gasteiger charge is 2.35. The van der Waals surface area contributed by atoms with Gasteiger partial charge in [0.15, 0.2) is 0 Å². The molecule has 1 saturated heterocycles. The van der Waals surface area contributed by atoms with Gasteiger partial charge in [-0.1, -0.05) is 84.9 Å². The number of allylic oxidation sites excluding steroid dienone is 2. The molecule has 1 fully saturated rings. The zero-order valence-corrected chi connectivity index (χ0v) is 26.3. The first-order chi connectivity index (χ1) is 22.5. The third kappa shape index (κ3) is 9.54. The molecule has 8 nitrogen and oxygen atoms in total. The summed E-state index contributed by atoms with van der Waals surface area (Å²) < 4.78 is 11.6. The van der Waals surface area contributed by atoms with Crippen molar-refractivity contribution in [3.63, 3.8) is 0 Å². The van der Waals surface area contributed by atoms with Crippen LogP contribution in [-0.4, -0.2) is 59.6 Å². The number of rotatable bonds is 11. The van der Waals surface area contributed by atoms with Crippen molar-refractivity contribution >= 4 is 17.8 Å². The molecule has 8 heteroatoms. The number of nitrogens with zero attached hydrogens (tertiary/aromatic N) is 1. The second kappa shape index (κ2) is 16.8. The largest absolute Gasteiger partial charge is 0.489 e. The maximum atomic E-state index is 13.7. The molecule has 2 N–H and O–H groups in total. The highest BCUT2D eigenvalue weighted by atomic mass is 16.5. The number of aliphatic hydroxyl groups excluding tert-OH is 1. The molecule has 0 spiro atoms. The van der Waals surface area contributed by atoms with Gasteiger partial charge in [0.05, 0.1) is 30.5 Å². The van der Waals surface area contributed by atoms with Crippen molar-refractivity contribution < 1.29 is 29.0 Å². The van der Waals surface area contributed by atoms with E-state index in [1.54, 1.807) is 4.90 Å². The van der Waals surface area contributed by atoms with E-state index in [4.69, 9.17) is 9.47 Å². The molecule has 5 rings (SSSR count). The van der Waals surface area contributed by atoms with Crippen molar-refractivity contribution in [1.82, 2.24) is 10.2 Å². The molecule has 0 aromatic heterocycles. The number of ether oxygens (including phenoxy) is 2. The number of aliphatic hydroxyl groups is 1. The Morgan fingerprint density at radius 3 is 2.26 bits per heavy atom. The number of hydrogen-bond acceptors (Lipinski definition) is 6. The maximum Gasteiger partial charge on any atom is 0.309 e. The van der Waals surface area contributed by atoms with E-state index in [1.807, 2.05) is 97.1 Å². The molecule has 2 aliphatic heterocycles. The average molecular weight is 625 g/mol. The molecule has 2 heterocycles. The van der Waals surface area contributed by atoms with Gasteiger partial charge in [0.2, 0.25) is 11.8 Å². The normalized spacial score (nSPS) is 21.0. The van der Waals surface area contributed by atoms with Crippen molar-refractivity contribution in [2.75, 3.05) is 19.8 Å². The van der Waals surface area contributed by atoms with Gasteiger partial charge in [-0.05, 0) is 67.3 Å². The average Bonchev–Trinajstić information content (AvgIpc) is 3.56. The van der Waals surface area contributed by atoms with Crippen LogP contribution in [0.25, 0.3) is 0 Å². The fraction of sp³-hybridized carbons (Fsp3) is 0.395. The number of amides is 2. The molecular weight excluding hydrogens is 580 g/mol. The number of nitrogens with one attached hydrogen (secondary N) is 1. The summed E-state index contributed by atoms with van der Waals surface area (Å²) in [6.07, 6.45) is 7.38. The number of fused-ring (bicyclic) bond motifs is 1. The maximum absolute atomic E-state index is 13.7. The van der Waals surface area contributed by atoms with E-state index in [2.05, 4.69) is 5.32 Å². The van der Waals surface area contributed by atoms with Gasteiger partial charge in [0.1, 0.15) is 19.0 Å². The molecule has 2 amide bonds.